The molecule has 18 heavy (non-hydrogen) atoms. The Balaban J connectivity index is 2.56. The predicted molar refractivity (Wildman–Crippen MR) is 68.2 cm³/mol. The van der Waals surface area contributed by atoms with E-state index in [1.54, 1.807) is 12.3 Å². The average Bonchev–Trinajstić information content (AvgIpc) is 2.33. The molecule has 0 aliphatic carbocycles. The number of aryl methyl sites for hydroxylation is 1. The summed E-state index contributed by atoms with van der Waals surface area (Å²) in [6.45, 7) is 4.44. The number of nitrogens with one attached hydrogen (secondary N) is 1. The number of anilines is 1. The average molecular weight is 247 g/mol. The van der Waals surface area contributed by atoms with E-state index >= 15 is 0 Å². The van der Waals surface area contributed by atoms with Gasteiger partial charge in [0.2, 0.25) is 0 Å². The molecule has 0 spiro atoms. The summed E-state index contributed by atoms with van der Waals surface area (Å²) in [5.41, 5.74) is 1.43. The summed E-state index contributed by atoms with van der Waals surface area (Å²) in [6, 6.07) is 3.91. The summed E-state index contributed by atoms with van der Waals surface area (Å²) >= 11 is 0. The number of aliphatic carboxylic acids is 1. The molecule has 0 bridgehead atoms. The van der Waals surface area contributed by atoms with Crippen molar-refractivity contribution in [3.63, 3.8) is 0 Å². The van der Waals surface area contributed by atoms with Crippen molar-refractivity contribution in [1.82, 2.24) is 4.98 Å². The van der Waals surface area contributed by atoms with Gasteiger partial charge in [-0.2, -0.15) is 5.26 Å². The zero-order valence-electron chi connectivity index (χ0n) is 10.6. The van der Waals surface area contributed by atoms with Gasteiger partial charge in [0.05, 0.1) is 5.56 Å². The Kier molecular flexibility index (Phi) is 5.12. The lowest BCUT2D eigenvalue weighted by molar-refractivity contribution is -0.137. The Hall–Kier alpha value is -2.09. The maximum Gasteiger partial charge on any atom is 0.303 e. The second-order valence-electron chi connectivity index (χ2n) is 4.38. The van der Waals surface area contributed by atoms with Gasteiger partial charge in [-0.25, -0.2) is 4.98 Å². The number of carboxylic acid groups (broad SMARTS) is 1. The summed E-state index contributed by atoms with van der Waals surface area (Å²) in [4.78, 5) is 14.6. The Morgan fingerprint density at radius 3 is 3.00 bits per heavy atom. The third-order valence-electron chi connectivity index (χ3n) is 2.74. The maximum absolute atomic E-state index is 10.4. The number of rotatable bonds is 6. The molecule has 0 fully saturated rings. The highest BCUT2D eigenvalue weighted by atomic mass is 16.4. The molecule has 0 aliphatic rings. The third-order valence-corrected chi connectivity index (χ3v) is 2.74. The van der Waals surface area contributed by atoms with Crippen LogP contribution >= 0.6 is 0 Å². The number of aromatic nitrogens is 1. The number of carboxylic acids is 1. The van der Waals surface area contributed by atoms with E-state index in [0.29, 0.717) is 24.3 Å². The summed E-state index contributed by atoms with van der Waals surface area (Å²) in [5, 5.41) is 20.7. The second-order valence-corrected chi connectivity index (χ2v) is 4.38. The molecule has 1 atom stereocenters. The number of nitrogens with zero attached hydrogens (tertiary/aromatic N) is 2. The standard InChI is InChI=1S/C13H17N3O2/c1-9(3-4-12(17)18)8-16-13-11(7-14)10(2)5-6-15-13/h5-6,9H,3-4,8H2,1-2H3,(H,15,16)(H,17,18). The van der Waals surface area contributed by atoms with E-state index in [2.05, 4.69) is 16.4 Å². The molecule has 0 aromatic carbocycles. The molecule has 0 saturated heterocycles. The molecule has 5 nitrogen and oxygen atoms in total. The van der Waals surface area contributed by atoms with Gasteiger partial charge in [0.15, 0.2) is 0 Å². The summed E-state index contributed by atoms with van der Waals surface area (Å²) < 4.78 is 0. The smallest absolute Gasteiger partial charge is 0.303 e. The van der Waals surface area contributed by atoms with Crippen LogP contribution in [0.5, 0.6) is 0 Å². The fourth-order valence-corrected chi connectivity index (χ4v) is 1.58. The van der Waals surface area contributed by atoms with E-state index in [-0.39, 0.29) is 12.3 Å². The lowest BCUT2D eigenvalue weighted by Gasteiger charge is -2.13. The van der Waals surface area contributed by atoms with Gasteiger partial charge in [-0.1, -0.05) is 6.92 Å². The van der Waals surface area contributed by atoms with Gasteiger partial charge in [-0.3, -0.25) is 4.79 Å². The molecule has 1 aromatic rings. The molecule has 2 N–H and O–H groups in total. The van der Waals surface area contributed by atoms with Crippen molar-refractivity contribution in [2.24, 2.45) is 5.92 Å². The number of pyridine rings is 1. The van der Waals surface area contributed by atoms with Crippen molar-refractivity contribution in [2.75, 3.05) is 11.9 Å². The van der Waals surface area contributed by atoms with Crippen LogP contribution in [0, 0.1) is 24.2 Å². The van der Waals surface area contributed by atoms with E-state index in [1.165, 1.54) is 0 Å². The first-order valence-electron chi connectivity index (χ1n) is 5.86. The highest BCUT2D eigenvalue weighted by Crippen LogP contribution is 2.16. The van der Waals surface area contributed by atoms with E-state index in [0.717, 1.165) is 5.56 Å². The number of carbonyl (C=O) groups is 1. The molecule has 1 rings (SSSR count). The molecule has 0 radical (unpaired) electrons. The Morgan fingerprint density at radius 2 is 2.39 bits per heavy atom. The van der Waals surface area contributed by atoms with E-state index < -0.39 is 5.97 Å². The predicted octanol–water partition coefficient (Wildman–Crippen LogP) is 2.17. The highest BCUT2D eigenvalue weighted by Gasteiger charge is 2.09. The molecule has 1 aromatic heterocycles. The number of nitriles is 1. The normalized spacial score (nSPS) is 11.6. The molecule has 0 saturated carbocycles. The van der Waals surface area contributed by atoms with Gasteiger partial charge in [-0.05, 0) is 30.9 Å². The van der Waals surface area contributed by atoms with Gasteiger partial charge in [0, 0.05) is 19.2 Å². The highest BCUT2D eigenvalue weighted by molar-refractivity contribution is 5.66. The van der Waals surface area contributed by atoms with Crippen LogP contribution in [-0.2, 0) is 4.79 Å². The fourth-order valence-electron chi connectivity index (χ4n) is 1.58. The minimum absolute atomic E-state index is 0.162. The first-order valence-corrected chi connectivity index (χ1v) is 5.86. The largest absolute Gasteiger partial charge is 0.481 e. The van der Waals surface area contributed by atoms with Crippen LogP contribution in [0.25, 0.3) is 0 Å². The van der Waals surface area contributed by atoms with Crippen molar-refractivity contribution in [3.05, 3.63) is 23.4 Å². The molecular weight excluding hydrogens is 230 g/mol. The van der Waals surface area contributed by atoms with Gasteiger partial charge >= 0.3 is 5.97 Å². The first kappa shape index (κ1) is 14.0. The van der Waals surface area contributed by atoms with E-state index in [9.17, 15) is 4.79 Å². The molecule has 0 amide bonds. The van der Waals surface area contributed by atoms with Gasteiger partial charge in [0.25, 0.3) is 0 Å². The maximum atomic E-state index is 10.4. The minimum Gasteiger partial charge on any atom is -0.481 e. The summed E-state index contributed by atoms with van der Waals surface area (Å²) in [5.74, 6) is 0.00266. The van der Waals surface area contributed by atoms with Crippen LogP contribution in [0.2, 0.25) is 0 Å². The Bertz CT molecular complexity index is 466. The van der Waals surface area contributed by atoms with Gasteiger partial charge in [0.1, 0.15) is 11.9 Å². The fraction of sp³-hybridized carbons (Fsp3) is 0.462. The van der Waals surface area contributed by atoms with Gasteiger partial charge < -0.3 is 10.4 Å². The number of hydrogen-bond donors (Lipinski definition) is 2. The zero-order valence-corrected chi connectivity index (χ0v) is 10.6. The van der Waals surface area contributed by atoms with Crippen LogP contribution in [0.4, 0.5) is 5.82 Å². The van der Waals surface area contributed by atoms with Crippen LogP contribution in [0.3, 0.4) is 0 Å². The van der Waals surface area contributed by atoms with Crippen molar-refractivity contribution >= 4 is 11.8 Å². The molecule has 1 heterocycles. The van der Waals surface area contributed by atoms with Crippen LogP contribution < -0.4 is 5.32 Å². The zero-order chi connectivity index (χ0) is 13.5. The topological polar surface area (TPSA) is 86.0 Å². The van der Waals surface area contributed by atoms with Crippen molar-refractivity contribution < 1.29 is 9.90 Å². The van der Waals surface area contributed by atoms with Crippen LogP contribution in [0.1, 0.15) is 30.9 Å². The number of hydrogen-bond acceptors (Lipinski definition) is 4. The van der Waals surface area contributed by atoms with E-state index in [1.807, 2.05) is 13.8 Å². The third kappa shape index (κ3) is 4.06. The molecule has 0 aliphatic heterocycles. The molecular formula is C13H17N3O2. The van der Waals surface area contributed by atoms with Gasteiger partial charge in [-0.15, -0.1) is 0 Å². The second kappa shape index (κ2) is 6.60. The molecule has 1 unspecified atom stereocenters. The quantitative estimate of drug-likeness (QED) is 0.804. The van der Waals surface area contributed by atoms with Crippen molar-refractivity contribution in [2.45, 2.75) is 26.7 Å². The van der Waals surface area contributed by atoms with E-state index in [4.69, 9.17) is 10.4 Å². The van der Waals surface area contributed by atoms with Crippen molar-refractivity contribution in [3.8, 4) is 6.07 Å². The first-order chi connectivity index (χ1) is 8.54. The molecule has 96 valence electrons. The van der Waals surface area contributed by atoms with Crippen LogP contribution in [0.15, 0.2) is 12.3 Å². The summed E-state index contributed by atoms with van der Waals surface area (Å²) in [7, 11) is 0. The monoisotopic (exact) mass is 247 g/mol. The molecule has 5 heteroatoms. The van der Waals surface area contributed by atoms with Crippen molar-refractivity contribution in [1.29, 1.82) is 5.26 Å². The minimum atomic E-state index is -0.784. The lowest BCUT2D eigenvalue weighted by atomic mass is 10.1. The lowest BCUT2D eigenvalue weighted by Crippen LogP contribution is -2.14. The summed E-state index contributed by atoms with van der Waals surface area (Å²) in [6.07, 6.45) is 2.42. The Morgan fingerprint density at radius 1 is 1.67 bits per heavy atom. The Labute approximate surface area is 106 Å². The van der Waals surface area contributed by atoms with Crippen LogP contribution in [-0.4, -0.2) is 22.6 Å². The SMILES string of the molecule is Cc1ccnc(NCC(C)CCC(=O)O)c1C#N.